The molecule has 31 heavy (non-hydrogen) atoms. The van der Waals surface area contributed by atoms with E-state index in [-0.39, 0.29) is 24.1 Å². The van der Waals surface area contributed by atoms with Gasteiger partial charge in [0, 0.05) is 44.2 Å². The van der Waals surface area contributed by atoms with Crippen molar-refractivity contribution < 1.29 is 14.4 Å². The Morgan fingerprint density at radius 2 is 1.87 bits per heavy atom. The molecular formula is C23H31N5O3. The van der Waals surface area contributed by atoms with Crippen LogP contribution in [0.3, 0.4) is 0 Å². The number of amides is 3. The zero-order chi connectivity index (χ0) is 21.4. The molecule has 0 aliphatic carbocycles. The Morgan fingerprint density at radius 1 is 1.06 bits per heavy atom. The molecular weight excluding hydrogens is 394 g/mol. The molecule has 3 N–H and O–H groups in total. The summed E-state index contributed by atoms with van der Waals surface area (Å²) in [6.45, 7) is 6.85. The highest BCUT2D eigenvalue weighted by Crippen LogP contribution is 2.28. The lowest BCUT2D eigenvalue weighted by Gasteiger charge is -2.42. The smallest absolute Gasteiger partial charge is 0.255 e. The predicted molar refractivity (Wildman–Crippen MR) is 115 cm³/mol. The third kappa shape index (κ3) is 4.24. The highest BCUT2D eigenvalue weighted by molar-refractivity contribution is 6.05. The van der Waals surface area contributed by atoms with Crippen molar-refractivity contribution in [1.82, 2.24) is 25.8 Å². The van der Waals surface area contributed by atoms with E-state index in [0.29, 0.717) is 24.4 Å². The minimum absolute atomic E-state index is 0.107. The summed E-state index contributed by atoms with van der Waals surface area (Å²) in [5.74, 6) is -0.0176. The second-order valence-corrected chi connectivity index (χ2v) is 9.31. The van der Waals surface area contributed by atoms with Crippen LogP contribution in [0.15, 0.2) is 18.2 Å². The first-order valence-corrected chi connectivity index (χ1v) is 11.5. The number of hydrogen-bond donors (Lipinski definition) is 3. The van der Waals surface area contributed by atoms with Crippen LogP contribution in [0, 0.1) is 5.92 Å². The van der Waals surface area contributed by atoms with Gasteiger partial charge in [-0.25, -0.2) is 0 Å². The Hall–Kier alpha value is -2.29. The molecule has 3 saturated heterocycles. The van der Waals surface area contributed by atoms with Crippen LogP contribution in [0.5, 0.6) is 0 Å². The lowest BCUT2D eigenvalue weighted by atomic mass is 9.94. The summed E-state index contributed by atoms with van der Waals surface area (Å²) in [5.41, 5.74) is 2.73. The van der Waals surface area contributed by atoms with Crippen LogP contribution in [0.4, 0.5) is 0 Å². The topological polar surface area (TPSA) is 93.8 Å². The third-order valence-electron chi connectivity index (χ3n) is 7.28. The molecule has 4 aliphatic rings. The molecule has 8 nitrogen and oxygen atoms in total. The highest BCUT2D eigenvalue weighted by atomic mass is 16.2. The summed E-state index contributed by atoms with van der Waals surface area (Å²) in [7, 11) is 0. The zero-order valence-electron chi connectivity index (χ0n) is 17.9. The molecule has 3 amide bonds. The van der Waals surface area contributed by atoms with Crippen LogP contribution >= 0.6 is 0 Å². The van der Waals surface area contributed by atoms with Crippen molar-refractivity contribution in [3.05, 3.63) is 34.9 Å². The number of nitrogens with one attached hydrogen (secondary N) is 3. The standard InChI is InChI=1S/C23H31N5O3/c29-21-4-3-20(22(30)26-21)28-14-17-2-1-16(9-19(17)23(28)31)11-24-10-15-5-7-27(8-6-15)18-12-25-13-18/h1-2,9,15,18,20,24-25H,3-8,10-14H2,(H,26,29,30). The summed E-state index contributed by atoms with van der Waals surface area (Å²) >= 11 is 0. The first kappa shape index (κ1) is 20.6. The van der Waals surface area contributed by atoms with E-state index < -0.39 is 6.04 Å². The number of likely N-dealkylation sites (tertiary alicyclic amines) is 1. The number of nitrogens with zero attached hydrogens (tertiary/aromatic N) is 2. The quantitative estimate of drug-likeness (QED) is 0.565. The second kappa shape index (κ2) is 8.68. The average molecular weight is 426 g/mol. The van der Waals surface area contributed by atoms with Crippen molar-refractivity contribution >= 4 is 17.7 Å². The first-order chi connectivity index (χ1) is 15.1. The Balaban J connectivity index is 1.12. The van der Waals surface area contributed by atoms with Gasteiger partial charge in [-0.1, -0.05) is 12.1 Å². The average Bonchev–Trinajstić information content (AvgIpc) is 3.04. The fourth-order valence-corrected chi connectivity index (χ4v) is 5.19. The van der Waals surface area contributed by atoms with Gasteiger partial charge in [0.1, 0.15) is 6.04 Å². The molecule has 0 saturated carbocycles. The van der Waals surface area contributed by atoms with Crippen LogP contribution in [-0.2, 0) is 22.7 Å². The number of fused-ring (bicyclic) bond motifs is 1. The fourth-order valence-electron chi connectivity index (χ4n) is 5.19. The van der Waals surface area contributed by atoms with E-state index >= 15 is 0 Å². The van der Waals surface area contributed by atoms with E-state index in [1.54, 1.807) is 4.90 Å². The van der Waals surface area contributed by atoms with E-state index in [0.717, 1.165) is 43.3 Å². The SMILES string of the molecule is O=C1CCC(N2Cc3ccc(CNCC4CCN(C5CNC5)CC4)cc3C2=O)C(=O)N1. The molecule has 4 heterocycles. The molecule has 1 atom stereocenters. The van der Waals surface area contributed by atoms with E-state index in [4.69, 9.17) is 0 Å². The number of carbonyl (C=O) groups excluding carboxylic acids is 3. The number of rotatable bonds is 6. The maximum Gasteiger partial charge on any atom is 0.255 e. The first-order valence-electron chi connectivity index (χ1n) is 11.5. The Morgan fingerprint density at radius 3 is 2.58 bits per heavy atom. The van der Waals surface area contributed by atoms with Crippen molar-refractivity contribution in [2.24, 2.45) is 5.92 Å². The summed E-state index contributed by atoms with van der Waals surface area (Å²) in [6.07, 6.45) is 3.16. The zero-order valence-corrected chi connectivity index (χ0v) is 17.9. The maximum absolute atomic E-state index is 12.9. The van der Waals surface area contributed by atoms with E-state index in [2.05, 4.69) is 26.9 Å². The maximum atomic E-state index is 12.9. The number of carbonyl (C=O) groups is 3. The van der Waals surface area contributed by atoms with Crippen molar-refractivity contribution in [2.45, 2.75) is 50.9 Å². The van der Waals surface area contributed by atoms with Gasteiger partial charge in [0.05, 0.1) is 0 Å². The molecule has 0 radical (unpaired) electrons. The normalized spacial score (nSPS) is 25.5. The Labute approximate surface area is 182 Å². The molecule has 8 heteroatoms. The van der Waals surface area contributed by atoms with Crippen LogP contribution < -0.4 is 16.0 Å². The van der Waals surface area contributed by atoms with E-state index in [9.17, 15) is 14.4 Å². The molecule has 166 valence electrons. The van der Waals surface area contributed by atoms with Gasteiger partial charge in [0.25, 0.3) is 5.91 Å². The van der Waals surface area contributed by atoms with Gasteiger partial charge in [-0.05, 0) is 62.0 Å². The van der Waals surface area contributed by atoms with Crippen LogP contribution in [0.2, 0.25) is 0 Å². The lowest BCUT2D eigenvalue weighted by molar-refractivity contribution is -0.136. The fraction of sp³-hybridized carbons (Fsp3) is 0.609. The van der Waals surface area contributed by atoms with Crippen LogP contribution in [0.1, 0.15) is 47.2 Å². The molecule has 4 aliphatic heterocycles. The second-order valence-electron chi connectivity index (χ2n) is 9.31. The minimum Gasteiger partial charge on any atom is -0.322 e. The van der Waals surface area contributed by atoms with Gasteiger partial charge in [-0.3, -0.25) is 24.6 Å². The van der Waals surface area contributed by atoms with E-state index in [1.807, 2.05) is 12.1 Å². The summed E-state index contributed by atoms with van der Waals surface area (Å²) < 4.78 is 0. The number of imide groups is 1. The van der Waals surface area contributed by atoms with Crippen molar-refractivity contribution in [2.75, 3.05) is 32.7 Å². The van der Waals surface area contributed by atoms with Crippen molar-refractivity contribution in [3.63, 3.8) is 0 Å². The van der Waals surface area contributed by atoms with Gasteiger partial charge in [0.15, 0.2) is 0 Å². The van der Waals surface area contributed by atoms with Crippen LogP contribution in [0.25, 0.3) is 0 Å². The summed E-state index contributed by atoms with van der Waals surface area (Å²) in [4.78, 5) is 40.8. The molecule has 1 aromatic carbocycles. The molecule has 0 aromatic heterocycles. The largest absolute Gasteiger partial charge is 0.322 e. The molecule has 1 unspecified atom stereocenters. The van der Waals surface area contributed by atoms with Gasteiger partial charge in [-0.2, -0.15) is 0 Å². The van der Waals surface area contributed by atoms with Crippen LogP contribution in [-0.4, -0.2) is 72.3 Å². The van der Waals surface area contributed by atoms with Gasteiger partial charge < -0.3 is 15.5 Å². The lowest BCUT2D eigenvalue weighted by Crippen LogP contribution is -2.59. The molecule has 0 bridgehead atoms. The Bertz CT molecular complexity index is 876. The predicted octanol–water partition coefficient (Wildman–Crippen LogP) is 0.221. The van der Waals surface area contributed by atoms with Gasteiger partial charge in [0.2, 0.25) is 11.8 Å². The molecule has 1 aromatic rings. The van der Waals surface area contributed by atoms with Crippen molar-refractivity contribution in [3.8, 4) is 0 Å². The molecule has 0 spiro atoms. The number of benzene rings is 1. The molecule has 5 rings (SSSR count). The monoisotopic (exact) mass is 425 g/mol. The summed E-state index contributed by atoms with van der Waals surface area (Å²) in [5, 5.41) is 9.28. The van der Waals surface area contributed by atoms with Gasteiger partial charge >= 0.3 is 0 Å². The third-order valence-corrected chi connectivity index (χ3v) is 7.28. The number of hydrogen-bond acceptors (Lipinski definition) is 6. The Kier molecular flexibility index (Phi) is 5.77. The highest BCUT2D eigenvalue weighted by Gasteiger charge is 2.39. The van der Waals surface area contributed by atoms with Crippen molar-refractivity contribution in [1.29, 1.82) is 0 Å². The summed E-state index contributed by atoms with van der Waals surface area (Å²) in [6, 6.07) is 6.22. The number of piperidine rings is 2. The minimum atomic E-state index is -0.555. The van der Waals surface area contributed by atoms with Gasteiger partial charge in [-0.15, -0.1) is 0 Å². The molecule has 3 fully saturated rings. The van der Waals surface area contributed by atoms with E-state index in [1.165, 1.54) is 25.9 Å².